The molecule has 0 atom stereocenters. The maximum Gasteiger partial charge on any atom is 0.186 e. The summed E-state index contributed by atoms with van der Waals surface area (Å²) < 4.78 is 1.83. The summed E-state index contributed by atoms with van der Waals surface area (Å²) in [6, 6.07) is 2.09. The van der Waals surface area contributed by atoms with E-state index >= 15 is 0 Å². The zero-order chi connectivity index (χ0) is 10.8. The number of nitriles is 1. The fourth-order valence-electron chi connectivity index (χ4n) is 1.50. The Morgan fingerprint density at radius 1 is 1.43 bits per heavy atom. The van der Waals surface area contributed by atoms with E-state index in [0.29, 0.717) is 5.69 Å². The zero-order valence-corrected chi connectivity index (χ0v) is 9.20. The monoisotopic (exact) mass is 192 g/mol. The van der Waals surface area contributed by atoms with Gasteiger partial charge in [0.1, 0.15) is 6.07 Å². The molecule has 0 aliphatic rings. The lowest BCUT2D eigenvalue weighted by atomic mass is 9.90. The van der Waals surface area contributed by atoms with Crippen molar-refractivity contribution in [3.05, 3.63) is 11.4 Å². The lowest BCUT2D eigenvalue weighted by Crippen LogP contribution is -2.19. The molecule has 0 saturated carbocycles. The van der Waals surface area contributed by atoms with Crippen LogP contribution in [0.5, 0.6) is 0 Å². The first-order chi connectivity index (χ1) is 6.50. The Morgan fingerprint density at radius 2 is 2.07 bits per heavy atom. The van der Waals surface area contributed by atoms with Gasteiger partial charge in [0.25, 0.3) is 0 Å². The molecule has 0 aromatic carbocycles. The van der Waals surface area contributed by atoms with Gasteiger partial charge in [0.2, 0.25) is 0 Å². The molecular formula is C10H16N4. The lowest BCUT2D eigenvalue weighted by Gasteiger charge is -2.19. The minimum Gasteiger partial charge on any atom is -0.247 e. The number of hydrogen-bond donors (Lipinski definition) is 0. The van der Waals surface area contributed by atoms with Crippen LogP contribution in [0, 0.1) is 11.3 Å². The van der Waals surface area contributed by atoms with Crippen molar-refractivity contribution >= 4 is 0 Å². The van der Waals surface area contributed by atoms with E-state index in [4.69, 9.17) is 5.26 Å². The number of hydrogen-bond acceptors (Lipinski definition) is 3. The molecule has 0 amide bonds. The molecule has 1 rings (SSSR count). The fraction of sp³-hybridized carbons (Fsp3) is 0.700. The first kappa shape index (κ1) is 10.7. The molecule has 0 bridgehead atoms. The molecule has 4 nitrogen and oxygen atoms in total. The Kier molecular flexibility index (Phi) is 2.90. The molecule has 0 aliphatic heterocycles. The summed E-state index contributed by atoms with van der Waals surface area (Å²) >= 11 is 0. The Morgan fingerprint density at radius 3 is 2.50 bits per heavy atom. The van der Waals surface area contributed by atoms with Crippen LogP contribution in [0.4, 0.5) is 0 Å². The van der Waals surface area contributed by atoms with E-state index in [0.717, 1.165) is 18.7 Å². The second-order valence-electron chi connectivity index (χ2n) is 4.37. The average Bonchev–Trinajstić information content (AvgIpc) is 2.47. The standard InChI is InChI=1S/C10H16N4/c1-5-6-14-9(10(2,3)4)8(7-11)12-13-14/h5-6H2,1-4H3. The first-order valence-electron chi connectivity index (χ1n) is 4.84. The smallest absolute Gasteiger partial charge is 0.186 e. The third-order valence-electron chi connectivity index (χ3n) is 1.99. The maximum atomic E-state index is 8.90. The van der Waals surface area contributed by atoms with E-state index in [2.05, 4.69) is 44.1 Å². The van der Waals surface area contributed by atoms with Crippen molar-refractivity contribution in [3.8, 4) is 6.07 Å². The van der Waals surface area contributed by atoms with Crippen LogP contribution in [0.3, 0.4) is 0 Å². The van der Waals surface area contributed by atoms with Crippen LogP contribution in [0.25, 0.3) is 0 Å². The second kappa shape index (κ2) is 3.79. The van der Waals surface area contributed by atoms with Crippen LogP contribution in [-0.2, 0) is 12.0 Å². The minimum absolute atomic E-state index is 0.0796. The second-order valence-corrected chi connectivity index (χ2v) is 4.37. The van der Waals surface area contributed by atoms with Crippen molar-refractivity contribution in [1.82, 2.24) is 15.0 Å². The van der Waals surface area contributed by atoms with Crippen LogP contribution >= 0.6 is 0 Å². The quantitative estimate of drug-likeness (QED) is 0.718. The predicted octanol–water partition coefficient (Wildman–Crippen LogP) is 1.86. The fourth-order valence-corrected chi connectivity index (χ4v) is 1.50. The summed E-state index contributed by atoms with van der Waals surface area (Å²) in [6.45, 7) is 9.11. The molecule has 0 spiro atoms. The number of rotatable bonds is 2. The van der Waals surface area contributed by atoms with Gasteiger partial charge in [-0.3, -0.25) is 0 Å². The molecule has 0 saturated heterocycles. The summed E-state index contributed by atoms with van der Waals surface area (Å²) in [4.78, 5) is 0. The number of aryl methyl sites for hydroxylation is 1. The summed E-state index contributed by atoms with van der Waals surface area (Å²) in [5, 5.41) is 16.8. The molecule has 0 radical (unpaired) electrons. The number of aromatic nitrogens is 3. The van der Waals surface area contributed by atoms with Gasteiger partial charge in [-0.25, -0.2) is 4.68 Å². The van der Waals surface area contributed by atoms with E-state index in [-0.39, 0.29) is 5.41 Å². The third kappa shape index (κ3) is 1.92. The van der Waals surface area contributed by atoms with Crippen LogP contribution < -0.4 is 0 Å². The molecule has 14 heavy (non-hydrogen) atoms. The number of nitrogens with zero attached hydrogens (tertiary/aromatic N) is 4. The molecule has 1 heterocycles. The Hall–Kier alpha value is -1.37. The van der Waals surface area contributed by atoms with Crippen LogP contribution in [0.1, 0.15) is 45.5 Å². The third-order valence-corrected chi connectivity index (χ3v) is 1.99. The lowest BCUT2D eigenvalue weighted by molar-refractivity contribution is 0.476. The zero-order valence-electron chi connectivity index (χ0n) is 9.20. The van der Waals surface area contributed by atoms with Gasteiger partial charge < -0.3 is 0 Å². The van der Waals surface area contributed by atoms with Crippen molar-refractivity contribution in [2.75, 3.05) is 0 Å². The predicted molar refractivity (Wildman–Crippen MR) is 53.7 cm³/mol. The van der Waals surface area contributed by atoms with E-state index in [1.165, 1.54) is 0 Å². The molecule has 4 heteroatoms. The molecular weight excluding hydrogens is 176 g/mol. The minimum atomic E-state index is -0.0796. The molecule has 0 aliphatic carbocycles. The van der Waals surface area contributed by atoms with E-state index in [1.807, 2.05) is 4.68 Å². The van der Waals surface area contributed by atoms with Gasteiger partial charge in [-0.05, 0) is 6.42 Å². The topological polar surface area (TPSA) is 54.5 Å². The summed E-state index contributed by atoms with van der Waals surface area (Å²) in [5.41, 5.74) is 1.30. The molecule has 76 valence electrons. The highest BCUT2D eigenvalue weighted by atomic mass is 15.4. The van der Waals surface area contributed by atoms with Crippen LogP contribution in [-0.4, -0.2) is 15.0 Å². The highest BCUT2D eigenvalue weighted by Crippen LogP contribution is 2.24. The van der Waals surface area contributed by atoms with Gasteiger partial charge in [-0.1, -0.05) is 32.9 Å². The van der Waals surface area contributed by atoms with E-state index in [9.17, 15) is 0 Å². The maximum absolute atomic E-state index is 8.90. The van der Waals surface area contributed by atoms with Gasteiger partial charge in [0.05, 0.1) is 5.69 Å². The molecule has 1 aromatic heterocycles. The van der Waals surface area contributed by atoms with Crippen LogP contribution in [0.2, 0.25) is 0 Å². The highest BCUT2D eigenvalue weighted by molar-refractivity contribution is 5.29. The van der Waals surface area contributed by atoms with Crippen LogP contribution in [0.15, 0.2) is 0 Å². The molecule has 0 N–H and O–H groups in total. The SMILES string of the molecule is CCCn1nnc(C#N)c1C(C)(C)C. The average molecular weight is 192 g/mol. The van der Waals surface area contributed by atoms with Gasteiger partial charge in [0, 0.05) is 12.0 Å². The summed E-state index contributed by atoms with van der Waals surface area (Å²) in [7, 11) is 0. The van der Waals surface area contributed by atoms with Gasteiger partial charge in [0.15, 0.2) is 5.69 Å². The summed E-state index contributed by atoms with van der Waals surface area (Å²) in [5.74, 6) is 0. The van der Waals surface area contributed by atoms with Gasteiger partial charge in [-0.15, -0.1) is 5.10 Å². The van der Waals surface area contributed by atoms with E-state index in [1.54, 1.807) is 0 Å². The molecule has 1 aromatic rings. The van der Waals surface area contributed by atoms with Crippen molar-refractivity contribution in [3.63, 3.8) is 0 Å². The Bertz CT molecular complexity index is 351. The Labute approximate surface area is 84.5 Å². The molecule has 0 unspecified atom stereocenters. The van der Waals surface area contributed by atoms with E-state index < -0.39 is 0 Å². The summed E-state index contributed by atoms with van der Waals surface area (Å²) in [6.07, 6.45) is 0.997. The Balaban J connectivity index is 3.21. The van der Waals surface area contributed by atoms with Crippen molar-refractivity contribution in [2.45, 2.75) is 46.1 Å². The molecule has 0 fully saturated rings. The van der Waals surface area contributed by atoms with Crippen molar-refractivity contribution < 1.29 is 0 Å². The van der Waals surface area contributed by atoms with Crippen molar-refractivity contribution in [2.24, 2.45) is 0 Å². The van der Waals surface area contributed by atoms with Gasteiger partial charge >= 0.3 is 0 Å². The normalized spacial score (nSPS) is 11.4. The first-order valence-corrected chi connectivity index (χ1v) is 4.84. The van der Waals surface area contributed by atoms with Crippen molar-refractivity contribution in [1.29, 1.82) is 5.26 Å². The van der Waals surface area contributed by atoms with Gasteiger partial charge in [-0.2, -0.15) is 5.26 Å². The highest BCUT2D eigenvalue weighted by Gasteiger charge is 2.24. The largest absolute Gasteiger partial charge is 0.247 e.